The Morgan fingerprint density at radius 2 is 1.84 bits per heavy atom. The predicted octanol–water partition coefficient (Wildman–Crippen LogP) is 0.997. The van der Waals surface area contributed by atoms with Crippen molar-refractivity contribution in [2.45, 2.75) is 19.0 Å². The van der Waals surface area contributed by atoms with Crippen LogP contribution in [0.2, 0.25) is 0 Å². The largest absolute Gasteiger partial charge is 0.478 e. The van der Waals surface area contributed by atoms with E-state index in [1.165, 1.54) is 0 Å². The number of hydrogen-bond donors (Lipinski definition) is 1. The van der Waals surface area contributed by atoms with E-state index in [0.29, 0.717) is 12.2 Å². The number of hydrogen-bond acceptors (Lipinski definition) is 3. The lowest BCUT2D eigenvalue weighted by molar-refractivity contribution is -0.188. The van der Waals surface area contributed by atoms with Crippen molar-refractivity contribution in [2.75, 3.05) is 13.1 Å². The minimum atomic E-state index is -4.40. The van der Waals surface area contributed by atoms with Gasteiger partial charge in [-0.1, -0.05) is 0 Å². The Balaban J connectivity index is 2.67. The molecule has 1 fully saturated rings. The van der Waals surface area contributed by atoms with Crippen LogP contribution in [0.3, 0.4) is 0 Å². The van der Waals surface area contributed by atoms with Gasteiger partial charge in [-0.3, -0.25) is 9.59 Å². The molecule has 1 N–H and O–H groups in total. The van der Waals surface area contributed by atoms with Crippen LogP contribution in [0.25, 0.3) is 0 Å². The van der Waals surface area contributed by atoms with Crippen molar-refractivity contribution in [1.29, 1.82) is 0 Å². The number of nitrogens with zero attached hydrogens (tertiary/aromatic N) is 1. The monoisotopic (exact) mass is 279 g/mol. The normalized spacial score (nSPS) is 20.6. The van der Waals surface area contributed by atoms with Crippen molar-refractivity contribution in [2.24, 2.45) is 5.92 Å². The Hall–Kier alpha value is -1.86. The van der Waals surface area contributed by atoms with E-state index in [-0.39, 0.29) is 19.4 Å². The van der Waals surface area contributed by atoms with Crippen LogP contribution >= 0.6 is 0 Å². The number of aliphatic carboxylic acids is 1. The molecular formula is C11H12F3NO4. The van der Waals surface area contributed by atoms with Crippen LogP contribution in [-0.2, 0) is 14.4 Å². The highest BCUT2D eigenvalue weighted by molar-refractivity contribution is 6.40. The van der Waals surface area contributed by atoms with E-state index in [1.54, 1.807) is 0 Å². The van der Waals surface area contributed by atoms with Crippen LogP contribution < -0.4 is 0 Å². The van der Waals surface area contributed by atoms with Gasteiger partial charge in [-0.2, -0.15) is 13.2 Å². The number of carboxylic acid groups (broad SMARTS) is 1. The van der Waals surface area contributed by atoms with Crippen molar-refractivity contribution in [3.63, 3.8) is 0 Å². The molecule has 0 aliphatic carbocycles. The lowest BCUT2D eigenvalue weighted by Gasteiger charge is -2.33. The van der Waals surface area contributed by atoms with Gasteiger partial charge in [0, 0.05) is 19.2 Å². The Labute approximate surface area is 106 Å². The zero-order valence-corrected chi connectivity index (χ0v) is 9.81. The van der Waals surface area contributed by atoms with Crippen molar-refractivity contribution in [3.05, 3.63) is 12.2 Å². The van der Waals surface area contributed by atoms with Gasteiger partial charge in [0.1, 0.15) is 0 Å². The number of carboxylic acids is 1. The molecule has 1 rings (SSSR count). The van der Waals surface area contributed by atoms with E-state index in [0.717, 1.165) is 4.90 Å². The molecule has 0 saturated carbocycles. The second-order valence-electron chi connectivity index (χ2n) is 4.17. The van der Waals surface area contributed by atoms with E-state index in [4.69, 9.17) is 5.11 Å². The molecule has 0 aromatic heterocycles. The third-order valence-electron chi connectivity index (χ3n) is 2.76. The number of alkyl halides is 3. The molecule has 19 heavy (non-hydrogen) atoms. The summed E-state index contributed by atoms with van der Waals surface area (Å²) >= 11 is 0. The molecule has 0 aromatic carbocycles. The van der Waals surface area contributed by atoms with Crippen LogP contribution in [0.5, 0.6) is 0 Å². The average Bonchev–Trinajstić information content (AvgIpc) is 2.34. The Morgan fingerprint density at radius 3 is 2.37 bits per heavy atom. The Morgan fingerprint density at radius 1 is 1.21 bits per heavy atom. The van der Waals surface area contributed by atoms with E-state index in [2.05, 4.69) is 0 Å². The minimum absolute atomic E-state index is 0.0675. The third-order valence-corrected chi connectivity index (χ3v) is 2.76. The molecule has 8 heteroatoms. The topological polar surface area (TPSA) is 74.7 Å². The van der Waals surface area contributed by atoms with Crippen molar-refractivity contribution < 1.29 is 32.7 Å². The molecule has 0 bridgehead atoms. The summed E-state index contributed by atoms with van der Waals surface area (Å²) in [6.45, 7) is -0.493. The van der Waals surface area contributed by atoms with Crippen molar-refractivity contribution in [1.82, 2.24) is 4.90 Å². The van der Waals surface area contributed by atoms with Gasteiger partial charge in [0.2, 0.25) is 5.78 Å². The summed E-state index contributed by atoms with van der Waals surface area (Å²) in [6, 6.07) is 0. The molecule has 106 valence electrons. The highest BCUT2D eigenvalue weighted by atomic mass is 19.4. The SMILES string of the molecule is O=C(O)/C=C/C(=O)C(=O)N1CCC[C@@H](C(F)(F)F)C1. The minimum Gasteiger partial charge on any atom is -0.478 e. The van der Waals surface area contributed by atoms with Gasteiger partial charge in [-0.15, -0.1) is 0 Å². The Kier molecular flexibility index (Phi) is 4.68. The summed E-state index contributed by atoms with van der Waals surface area (Å²) in [4.78, 5) is 33.8. The second kappa shape index (κ2) is 5.85. The number of amides is 1. The highest BCUT2D eigenvalue weighted by Gasteiger charge is 2.43. The van der Waals surface area contributed by atoms with Crippen LogP contribution in [0.4, 0.5) is 13.2 Å². The first kappa shape index (κ1) is 15.2. The van der Waals surface area contributed by atoms with Gasteiger partial charge >= 0.3 is 12.1 Å². The molecule has 5 nitrogen and oxygen atoms in total. The zero-order chi connectivity index (χ0) is 14.6. The molecule has 1 atom stereocenters. The number of halogens is 3. The third kappa shape index (κ3) is 4.38. The molecule has 1 heterocycles. The van der Waals surface area contributed by atoms with Crippen molar-refractivity contribution in [3.8, 4) is 0 Å². The molecule has 1 aliphatic rings. The summed E-state index contributed by atoms with van der Waals surface area (Å²) in [6.07, 6.45) is -3.30. The van der Waals surface area contributed by atoms with E-state index in [9.17, 15) is 27.6 Å². The summed E-state index contributed by atoms with van der Waals surface area (Å²) < 4.78 is 37.6. The van der Waals surface area contributed by atoms with Crippen LogP contribution in [-0.4, -0.2) is 46.9 Å². The average molecular weight is 279 g/mol. The summed E-state index contributed by atoms with van der Waals surface area (Å²) in [5.74, 6) is -5.29. The maximum Gasteiger partial charge on any atom is 0.393 e. The molecule has 0 spiro atoms. The molecule has 0 aromatic rings. The summed E-state index contributed by atoms with van der Waals surface area (Å²) in [5.41, 5.74) is 0. The Bertz CT molecular complexity index is 417. The van der Waals surface area contributed by atoms with Gasteiger partial charge in [0.15, 0.2) is 0 Å². The zero-order valence-electron chi connectivity index (χ0n) is 9.81. The number of likely N-dealkylation sites (tertiary alicyclic amines) is 1. The van der Waals surface area contributed by atoms with Crippen LogP contribution in [0, 0.1) is 5.92 Å². The van der Waals surface area contributed by atoms with Crippen LogP contribution in [0.1, 0.15) is 12.8 Å². The van der Waals surface area contributed by atoms with Gasteiger partial charge in [0.05, 0.1) is 5.92 Å². The standard InChI is InChI=1S/C11H12F3NO4/c12-11(13,14)7-2-1-5-15(6-7)10(19)8(16)3-4-9(17)18/h3-4,7H,1-2,5-6H2,(H,17,18)/b4-3+/t7-/m1/s1. The lowest BCUT2D eigenvalue weighted by Crippen LogP contribution is -2.46. The van der Waals surface area contributed by atoms with Gasteiger partial charge in [-0.25, -0.2) is 4.79 Å². The molecule has 0 radical (unpaired) electrons. The van der Waals surface area contributed by atoms with Gasteiger partial charge in [0.25, 0.3) is 5.91 Å². The number of ketones is 1. The smallest absolute Gasteiger partial charge is 0.393 e. The van der Waals surface area contributed by atoms with Gasteiger partial charge in [-0.05, 0) is 18.9 Å². The number of carbonyl (C=O) groups excluding carboxylic acids is 2. The number of carbonyl (C=O) groups is 3. The highest BCUT2D eigenvalue weighted by Crippen LogP contribution is 2.33. The number of piperidine rings is 1. The number of rotatable bonds is 3. The first-order valence-electron chi connectivity index (χ1n) is 5.52. The fourth-order valence-corrected chi connectivity index (χ4v) is 1.80. The quantitative estimate of drug-likeness (QED) is 0.617. The van der Waals surface area contributed by atoms with Gasteiger partial charge < -0.3 is 10.0 Å². The molecular weight excluding hydrogens is 267 g/mol. The van der Waals surface area contributed by atoms with E-state index in [1.807, 2.05) is 0 Å². The maximum atomic E-state index is 12.5. The molecule has 1 aliphatic heterocycles. The first-order chi connectivity index (χ1) is 8.71. The fourth-order valence-electron chi connectivity index (χ4n) is 1.80. The molecule has 0 unspecified atom stereocenters. The maximum absolute atomic E-state index is 12.5. The summed E-state index contributed by atoms with van der Waals surface area (Å²) in [7, 11) is 0. The predicted molar refractivity (Wildman–Crippen MR) is 57.1 cm³/mol. The fraction of sp³-hybridized carbons (Fsp3) is 0.545. The van der Waals surface area contributed by atoms with E-state index >= 15 is 0 Å². The first-order valence-corrected chi connectivity index (χ1v) is 5.52. The molecule has 1 saturated heterocycles. The second-order valence-corrected chi connectivity index (χ2v) is 4.17. The van der Waals surface area contributed by atoms with E-state index < -0.39 is 36.3 Å². The summed E-state index contributed by atoms with van der Waals surface area (Å²) in [5, 5.41) is 8.29. The van der Waals surface area contributed by atoms with Crippen LogP contribution in [0.15, 0.2) is 12.2 Å². The van der Waals surface area contributed by atoms with Crippen molar-refractivity contribution >= 4 is 17.7 Å². The molecule has 1 amide bonds. The lowest BCUT2D eigenvalue weighted by atomic mass is 9.97.